The Kier molecular flexibility index (Phi) is 10.2. The molecule has 0 aliphatic rings. The van der Waals surface area contributed by atoms with Crippen molar-refractivity contribution in [2.45, 2.75) is 85.5 Å². The van der Waals surface area contributed by atoms with Gasteiger partial charge < -0.3 is 8.83 Å². The first-order valence-electron chi connectivity index (χ1n) is 20.8. The van der Waals surface area contributed by atoms with Crippen molar-refractivity contribution in [3.8, 4) is 22.5 Å². The predicted octanol–water partition coefficient (Wildman–Crippen LogP) is 14.4. The normalized spacial score (nSPS) is 12.2. The van der Waals surface area contributed by atoms with Crippen LogP contribution in [0.3, 0.4) is 0 Å². The van der Waals surface area contributed by atoms with Gasteiger partial charge in [-0.05, 0) is 87.4 Å². The zero-order valence-electron chi connectivity index (χ0n) is 35.2. The zero-order valence-corrected chi connectivity index (χ0v) is 37.4. The molecule has 0 bridgehead atoms. The minimum atomic E-state index is 0. The van der Waals surface area contributed by atoms with Gasteiger partial charge in [-0.1, -0.05) is 126 Å². The van der Waals surface area contributed by atoms with E-state index in [1.807, 2.05) is 0 Å². The quantitative estimate of drug-likeness (QED) is 0.141. The van der Waals surface area contributed by atoms with Gasteiger partial charge in [-0.2, -0.15) is 0 Å². The summed E-state index contributed by atoms with van der Waals surface area (Å²) in [6, 6.07) is 38.3. The smallest absolute Gasteiger partial charge is 0.501 e. The van der Waals surface area contributed by atoms with E-state index < -0.39 is 0 Å². The van der Waals surface area contributed by atoms with Crippen LogP contribution in [0.1, 0.15) is 112 Å². The Hall–Kier alpha value is -5.71. The number of fused-ring (bicyclic) bond motifs is 8. The van der Waals surface area contributed by atoms with E-state index in [9.17, 15) is 0 Å². The molecular formula is C53H46N4O2Pt. The number of aromatic nitrogens is 4. The molecular weight excluding hydrogens is 920 g/mol. The zero-order chi connectivity index (χ0) is 40.7. The summed E-state index contributed by atoms with van der Waals surface area (Å²) in [7, 11) is 0. The summed E-state index contributed by atoms with van der Waals surface area (Å²) in [6.45, 7) is 17.6. The molecule has 0 unspecified atom stereocenters. The summed E-state index contributed by atoms with van der Waals surface area (Å²) < 4.78 is 13.6. The first-order valence-corrected chi connectivity index (χ1v) is 20.8. The van der Waals surface area contributed by atoms with Gasteiger partial charge in [0.25, 0.3) is 0 Å². The topological polar surface area (TPSA) is 77.8 Å². The monoisotopic (exact) mass is 965 g/mol. The molecule has 0 fully saturated rings. The van der Waals surface area contributed by atoms with Crippen LogP contribution in [0.2, 0.25) is 0 Å². The largest absolute Gasteiger partial charge is 2.00 e. The molecule has 4 heterocycles. The second-order valence-electron chi connectivity index (χ2n) is 17.3. The average molecular weight is 966 g/mol. The van der Waals surface area contributed by atoms with E-state index in [0.29, 0.717) is 30.1 Å². The molecule has 6 aromatic carbocycles. The summed E-state index contributed by atoms with van der Waals surface area (Å²) in [5.41, 5.74) is 15.2. The Morgan fingerprint density at radius 2 is 0.800 bits per heavy atom. The van der Waals surface area contributed by atoms with Crippen molar-refractivity contribution in [3.05, 3.63) is 143 Å². The van der Waals surface area contributed by atoms with Gasteiger partial charge in [0.05, 0.1) is 22.2 Å². The van der Waals surface area contributed by atoms with Crippen LogP contribution in [0, 0.1) is 12.1 Å². The van der Waals surface area contributed by atoms with E-state index in [0.717, 1.165) is 99.3 Å². The van der Waals surface area contributed by atoms with Gasteiger partial charge in [-0.15, -0.1) is 35.4 Å². The predicted molar refractivity (Wildman–Crippen MR) is 241 cm³/mol. The number of hydrogen-bond donors (Lipinski definition) is 0. The van der Waals surface area contributed by atoms with Gasteiger partial charge in [0, 0.05) is 22.2 Å². The summed E-state index contributed by atoms with van der Waals surface area (Å²) in [5.74, 6) is 1.50. The Morgan fingerprint density at radius 3 is 1.18 bits per heavy atom. The van der Waals surface area contributed by atoms with Crippen LogP contribution in [0.25, 0.3) is 88.2 Å². The standard InChI is InChI=1S/C53H46N4O2.Pt/c1-28(2)34-11-15-40-46(22-34)54-26-56-50(40)44-20-32(18-42-38-13-9-36(30(5)6)24-48(38)58-52(42)44)17-33-19-43-39-14-10-37(31(7)8)25-49(39)59-53(43)45(21-33)51-41-16-12-35(29(3)4)23-47(41)55-27-57-51;/h9-16,18-19,22-31H,17H2,1-8H3;/q-2;+2. The molecule has 7 heteroatoms. The number of benzene rings is 6. The SMILES string of the molecule is CC(C)c1ccc2c(-c3[c-]c(Cc4[c-]c(-c5ncnc6cc(C(C)C)ccc56)c5oc6cc(C(C)C)ccc6c5c4)cc4c3oc3cc(C(C)C)ccc34)ncnc2c1.[Pt+2]. The first-order chi connectivity index (χ1) is 28.5. The molecule has 0 aliphatic heterocycles. The molecule has 0 radical (unpaired) electrons. The molecule has 6 nitrogen and oxygen atoms in total. The molecule has 0 aliphatic carbocycles. The summed E-state index contributed by atoms with van der Waals surface area (Å²) >= 11 is 0. The number of rotatable bonds is 8. The Bertz CT molecular complexity index is 3060. The van der Waals surface area contributed by atoms with Gasteiger partial charge >= 0.3 is 21.1 Å². The maximum absolute atomic E-state index is 6.78. The third-order valence-electron chi connectivity index (χ3n) is 12.0. The Balaban J connectivity index is 0.00000462. The third kappa shape index (κ3) is 6.79. The van der Waals surface area contributed by atoms with Crippen LogP contribution in [0.5, 0.6) is 0 Å². The molecule has 10 aromatic rings. The van der Waals surface area contributed by atoms with Gasteiger partial charge in [0.15, 0.2) is 0 Å². The van der Waals surface area contributed by atoms with Gasteiger partial charge in [0.1, 0.15) is 23.8 Å². The van der Waals surface area contributed by atoms with Crippen LogP contribution in [-0.2, 0) is 27.5 Å². The van der Waals surface area contributed by atoms with E-state index in [-0.39, 0.29) is 21.1 Å². The number of nitrogens with zero attached hydrogens (tertiary/aromatic N) is 4. The average Bonchev–Trinajstić information content (AvgIpc) is 3.79. The Labute approximate surface area is 364 Å². The molecule has 0 spiro atoms. The van der Waals surface area contributed by atoms with Crippen LogP contribution in [0.15, 0.2) is 106 Å². The Morgan fingerprint density at radius 1 is 0.433 bits per heavy atom. The fourth-order valence-electron chi connectivity index (χ4n) is 8.49. The van der Waals surface area contributed by atoms with Crippen molar-refractivity contribution < 1.29 is 29.9 Å². The van der Waals surface area contributed by atoms with Crippen LogP contribution in [-0.4, -0.2) is 19.9 Å². The first kappa shape index (κ1) is 39.7. The van der Waals surface area contributed by atoms with Gasteiger partial charge in [-0.25, -0.2) is 9.97 Å². The van der Waals surface area contributed by atoms with Gasteiger partial charge in [0.2, 0.25) is 0 Å². The van der Waals surface area contributed by atoms with Crippen LogP contribution < -0.4 is 0 Å². The molecule has 4 aromatic heterocycles. The molecule has 10 rings (SSSR count). The maximum atomic E-state index is 6.78. The molecule has 0 saturated heterocycles. The molecule has 0 N–H and O–H groups in total. The van der Waals surface area contributed by atoms with Crippen molar-refractivity contribution in [1.29, 1.82) is 0 Å². The second-order valence-corrected chi connectivity index (χ2v) is 17.3. The van der Waals surface area contributed by atoms with E-state index >= 15 is 0 Å². The fraction of sp³-hybridized carbons (Fsp3) is 0.245. The summed E-state index contributed by atoms with van der Waals surface area (Å²) in [6.07, 6.45) is 3.87. The van der Waals surface area contributed by atoms with Crippen molar-refractivity contribution in [2.75, 3.05) is 0 Å². The van der Waals surface area contributed by atoms with Crippen molar-refractivity contribution in [1.82, 2.24) is 19.9 Å². The number of furan rings is 2. The summed E-state index contributed by atoms with van der Waals surface area (Å²) in [5, 5.41) is 6.12. The third-order valence-corrected chi connectivity index (χ3v) is 12.0. The molecule has 0 amide bonds. The number of hydrogen-bond acceptors (Lipinski definition) is 6. The van der Waals surface area contributed by atoms with Crippen LogP contribution >= 0.6 is 0 Å². The molecule has 60 heavy (non-hydrogen) atoms. The molecule has 300 valence electrons. The maximum Gasteiger partial charge on any atom is 2.00 e. The van der Waals surface area contributed by atoms with E-state index in [1.54, 1.807) is 12.7 Å². The van der Waals surface area contributed by atoms with Crippen molar-refractivity contribution >= 4 is 65.7 Å². The second kappa shape index (κ2) is 15.4. The van der Waals surface area contributed by atoms with E-state index in [4.69, 9.17) is 28.8 Å². The van der Waals surface area contributed by atoms with Gasteiger partial charge in [-0.3, -0.25) is 9.97 Å². The fourth-order valence-corrected chi connectivity index (χ4v) is 8.49. The molecule has 0 saturated carbocycles. The molecule has 0 atom stereocenters. The van der Waals surface area contributed by atoms with Crippen molar-refractivity contribution in [3.63, 3.8) is 0 Å². The van der Waals surface area contributed by atoms with E-state index in [1.165, 1.54) is 22.3 Å². The van der Waals surface area contributed by atoms with Crippen LogP contribution in [0.4, 0.5) is 0 Å². The van der Waals surface area contributed by atoms with E-state index in [2.05, 4.69) is 152 Å². The summed E-state index contributed by atoms with van der Waals surface area (Å²) in [4.78, 5) is 19.3. The van der Waals surface area contributed by atoms with Crippen molar-refractivity contribution in [2.24, 2.45) is 0 Å². The minimum Gasteiger partial charge on any atom is -0.501 e. The minimum absolute atomic E-state index is 0.